The molecule has 4 amide bonds. The number of nitrogens with one attached hydrogen (secondary N) is 4. The lowest BCUT2D eigenvalue weighted by molar-refractivity contribution is -0.134. The summed E-state index contributed by atoms with van der Waals surface area (Å²) < 4.78 is 0. The lowest BCUT2D eigenvalue weighted by Gasteiger charge is -2.26. The molecule has 0 fully saturated rings. The van der Waals surface area contributed by atoms with E-state index in [0.29, 0.717) is 6.42 Å². The summed E-state index contributed by atoms with van der Waals surface area (Å²) in [5.41, 5.74) is 1.61. The molecule has 1 heterocycles. The van der Waals surface area contributed by atoms with Crippen LogP contribution in [-0.4, -0.2) is 48.3 Å². The van der Waals surface area contributed by atoms with Gasteiger partial charge in [0.25, 0.3) is 0 Å². The zero-order chi connectivity index (χ0) is 24.4. The molecule has 0 aromatic heterocycles. The fourth-order valence-corrected chi connectivity index (χ4v) is 3.38. The predicted molar refractivity (Wildman–Crippen MR) is 127 cm³/mol. The molecule has 2 rings (SSSR count). The maximum Gasteiger partial charge on any atom is 0.243 e. The van der Waals surface area contributed by atoms with E-state index in [2.05, 4.69) is 27.8 Å². The second-order valence-electron chi connectivity index (χ2n) is 8.58. The lowest BCUT2D eigenvalue weighted by atomic mass is 10.0. The van der Waals surface area contributed by atoms with E-state index in [1.54, 1.807) is 32.9 Å². The van der Waals surface area contributed by atoms with Crippen molar-refractivity contribution < 1.29 is 19.2 Å². The summed E-state index contributed by atoms with van der Waals surface area (Å²) >= 11 is 0. The summed E-state index contributed by atoms with van der Waals surface area (Å²) in [7, 11) is 0. The molecule has 0 aliphatic carbocycles. The van der Waals surface area contributed by atoms with Gasteiger partial charge in [-0.2, -0.15) is 0 Å². The first-order valence-electron chi connectivity index (χ1n) is 11.2. The Morgan fingerprint density at radius 2 is 1.64 bits per heavy atom. The quantitative estimate of drug-likeness (QED) is 0.552. The monoisotopic (exact) mass is 454 g/mol. The molecule has 0 radical (unpaired) electrons. The number of carbonyl (C=O) groups is 4. The predicted octanol–water partition coefficient (Wildman–Crippen LogP) is 1.38. The molecule has 178 valence electrons. The zero-order valence-electron chi connectivity index (χ0n) is 19.5. The Kier molecular flexibility index (Phi) is 9.84. The van der Waals surface area contributed by atoms with E-state index in [9.17, 15) is 19.2 Å². The molecule has 0 spiro atoms. The van der Waals surface area contributed by atoms with Crippen LogP contribution in [0.2, 0.25) is 0 Å². The minimum atomic E-state index is -0.863. The van der Waals surface area contributed by atoms with Gasteiger partial charge in [0.2, 0.25) is 23.6 Å². The van der Waals surface area contributed by atoms with Crippen LogP contribution in [0, 0.1) is 5.92 Å². The van der Waals surface area contributed by atoms with E-state index in [1.165, 1.54) is 0 Å². The number of allylic oxidation sites excluding steroid dienone is 2. The third-order valence-corrected chi connectivity index (χ3v) is 5.35. The highest BCUT2D eigenvalue weighted by atomic mass is 16.2. The van der Waals surface area contributed by atoms with Gasteiger partial charge in [0.1, 0.15) is 18.1 Å². The summed E-state index contributed by atoms with van der Waals surface area (Å²) in [5, 5.41) is 11.0. The second kappa shape index (κ2) is 12.6. The Hall–Kier alpha value is -3.42. The van der Waals surface area contributed by atoms with Crippen molar-refractivity contribution in [2.45, 2.75) is 58.2 Å². The van der Waals surface area contributed by atoms with Crippen molar-refractivity contribution in [3.8, 4) is 0 Å². The molecular weight excluding hydrogens is 420 g/mol. The third kappa shape index (κ3) is 8.56. The standard InChI is InChI=1S/C25H34N4O4/c1-16(2)22-25(33)27-18(4)23(31)26-14-8-9-17(3)12-13-21(30)28-20(24(32)29-22)15-19-10-6-5-7-11-19/h5-11,16,18,20,22H,3,12-15H2,1-2,4H3,(H,26,31)(H,27,33)(H,28,30)(H,29,32)/b9-8+/t18-,20-,22-/m0/s1. The Bertz CT molecular complexity index is 895. The Morgan fingerprint density at radius 1 is 0.939 bits per heavy atom. The third-order valence-electron chi connectivity index (χ3n) is 5.35. The largest absolute Gasteiger partial charge is 0.351 e. The van der Waals surface area contributed by atoms with Crippen LogP contribution in [0.4, 0.5) is 0 Å². The summed E-state index contributed by atoms with van der Waals surface area (Å²) in [6.45, 7) is 9.39. The van der Waals surface area contributed by atoms with Gasteiger partial charge < -0.3 is 21.3 Å². The highest BCUT2D eigenvalue weighted by Gasteiger charge is 2.30. The van der Waals surface area contributed by atoms with Gasteiger partial charge in [-0.05, 0) is 24.8 Å². The first kappa shape index (κ1) is 25.8. The van der Waals surface area contributed by atoms with Crippen molar-refractivity contribution in [1.29, 1.82) is 0 Å². The Labute approximate surface area is 195 Å². The average molecular weight is 455 g/mol. The molecule has 8 heteroatoms. The van der Waals surface area contributed by atoms with Crippen molar-refractivity contribution >= 4 is 23.6 Å². The van der Waals surface area contributed by atoms with Crippen LogP contribution in [0.15, 0.2) is 54.6 Å². The summed E-state index contributed by atoms with van der Waals surface area (Å²) in [4.78, 5) is 50.9. The minimum absolute atomic E-state index is 0.166. The van der Waals surface area contributed by atoms with Crippen molar-refractivity contribution in [3.63, 3.8) is 0 Å². The van der Waals surface area contributed by atoms with Gasteiger partial charge in [-0.15, -0.1) is 0 Å². The van der Waals surface area contributed by atoms with E-state index in [4.69, 9.17) is 0 Å². The van der Waals surface area contributed by atoms with Crippen LogP contribution in [0.5, 0.6) is 0 Å². The SMILES string of the molecule is C=C1/C=C/CNC(=O)[C@H](C)NC(=O)[C@H](C(C)C)NC(=O)[C@H](Cc2ccccc2)NC(=O)CC1. The molecule has 4 N–H and O–H groups in total. The van der Waals surface area contributed by atoms with Gasteiger partial charge in [0.15, 0.2) is 0 Å². The van der Waals surface area contributed by atoms with Gasteiger partial charge in [-0.25, -0.2) is 0 Å². The molecule has 0 unspecified atom stereocenters. The van der Waals surface area contributed by atoms with Crippen molar-refractivity contribution in [1.82, 2.24) is 21.3 Å². The van der Waals surface area contributed by atoms with Crippen LogP contribution >= 0.6 is 0 Å². The highest BCUT2D eigenvalue weighted by Crippen LogP contribution is 2.09. The molecule has 33 heavy (non-hydrogen) atoms. The Morgan fingerprint density at radius 3 is 2.30 bits per heavy atom. The number of amides is 4. The van der Waals surface area contributed by atoms with Gasteiger partial charge in [0, 0.05) is 19.4 Å². The average Bonchev–Trinajstić information content (AvgIpc) is 2.77. The maximum atomic E-state index is 13.2. The van der Waals surface area contributed by atoms with Crippen LogP contribution in [0.3, 0.4) is 0 Å². The van der Waals surface area contributed by atoms with Crippen LogP contribution in [0.1, 0.15) is 39.2 Å². The Balaban J connectivity index is 2.28. The number of hydrogen-bond donors (Lipinski definition) is 4. The topological polar surface area (TPSA) is 116 Å². The number of rotatable bonds is 3. The maximum absolute atomic E-state index is 13.2. The molecule has 3 atom stereocenters. The van der Waals surface area contributed by atoms with Gasteiger partial charge >= 0.3 is 0 Å². The van der Waals surface area contributed by atoms with Crippen LogP contribution < -0.4 is 21.3 Å². The van der Waals surface area contributed by atoms with E-state index in [-0.39, 0.29) is 37.1 Å². The highest BCUT2D eigenvalue weighted by molar-refractivity contribution is 5.94. The molecule has 8 nitrogen and oxygen atoms in total. The van der Waals surface area contributed by atoms with E-state index in [1.807, 2.05) is 30.3 Å². The fraction of sp³-hybridized carbons (Fsp3) is 0.440. The smallest absolute Gasteiger partial charge is 0.243 e. The van der Waals surface area contributed by atoms with E-state index < -0.39 is 29.9 Å². The van der Waals surface area contributed by atoms with Gasteiger partial charge in [-0.1, -0.05) is 68.5 Å². The molecule has 1 aliphatic heterocycles. The van der Waals surface area contributed by atoms with Crippen molar-refractivity contribution in [2.75, 3.05) is 6.54 Å². The summed E-state index contributed by atoms with van der Waals surface area (Å²) in [5.74, 6) is -1.76. The molecule has 1 aromatic carbocycles. The van der Waals surface area contributed by atoms with Crippen LogP contribution in [-0.2, 0) is 25.6 Å². The number of hydrogen-bond acceptors (Lipinski definition) is 4. The van der Waals surface area contributed by atoms with Gasteiger partial charge in [-0.3, -0.25) is 19.2 Å². The summed E-state index contributed by atoms with van der Waals surface area (Å²) in [6.07, 6.45) is 4.35. The van der Waals surface area contributed by atoms with Crippen molar-refractivity contribution in [2.24, 2.45) is 5.92 Å². The first-order valence-corrected chi connectivity index (χ1v) is 11.2. The second-order valence-corrected chi connectivity index (χ2v) is 8.58. The first-order chi connectivity index (χ1) is 15.7. The van der Waals surface area contributed by atoms with Crippen molar-refractivity contribution in [3.05, 3.63) is 60.2 Å². The lowest BCUT2D eigenvalue weighted by Crippen LogP contribution is -2.58. The summed E-state index contributed by atoms with van der Waals surface area (Å²) in [6, 6.07) is 6.86. The van der Waals surface area contributed by atoms with E-state index >= 15 is 0 Å². The molecule has 0 saturated heterocycles. The minimum Gasteiger partial charge on any atom is -0.351 e. The van der Waals surface area contributed by atoms with E-state index in [0.717, 1.165) is 11.1 Å². The number of benzene rings is 1. The zero-order valence-corrected chi connectivity index (χ0v) is 19.5. The molecular formula is C25H34N4O4. The molecule has 0 saturated carbocycles. The fourth-order valence-electron chi connectivity index (χ4n) is 3.38. The normalized spacial score (nSPS) is 24.8. The van der Waals surface area contributed by atoms with Crippen LogP contribution in [0.25, 0.3) is 0 Å². The number of carbonyl (C=O) groups excluding carboxylic acids is 4. The van der Waals surface area contributed by atoms with Gasteiger partial charge in [0.05, 0.1) is 0 Å². The molecule has 0 bridgehead atoms. The molecule has 1 aromatic rings. The molecule has 1 aliphatic rings.